The van der Waals surface area contributed by atoms with Gasteiger partial charge in [-0.05, 0) is 12.8 Å². The minimum atomic E-state index is 0.302. The van der Waals surface area contributed by atoms with Crippen molar-refractivity contribution in [2.75, 3.05) is 0 Å². The molecule has 0 amide bonds. The predicted molar refractivity (Wildman–Crippen MR) is 53.2 cm³/mol. The summed E-state index contributed by atoms with van der Waals surface area (Å²) < 4.78 is 0. The van der Waals surface area contributed by atoms with Crippen molar-refractivity contribution in [2.45, 2.75) is 59.3 Å². The highest BCUT2D eigenvalue weighted by molar-refractivity contribution is 5.80. The number of ketones is 1. The molecule has 1 nitrogen and oxygen atoms in total. The van der Waals surface area contributed by atoms with Gasteiger partial charge in [0.2, 0.25) is 0 Å². The average molecular weight is 170 g/mol. The molecule has 72 valence electrons. The second-order valence-corrected chi connectivity index (χ2v) is 3.61. The van der Waals surface area contributed by atoms with Crippen LogP contribution in [0.2, 0.25) is 0 Å². The van der Waals surface area contributed by atoms with Crippen molar-refractivity contribution >= 4 is 5.78 Å². The third-order valence-corrected chi connectivity index (χ3v) is 2.29. The molecule has 12 heavy (non-hydrogen) atoms. The number of Topliss-reactive ketones (excluding diaryl/α,β-unsaturated/α-hetero) is 1. The monoisotopic (exact) mass is 170 g/mol. The summed E-state index contributed by atoms with van der Waals surface area (Å²) in [4.78, 5) is 11.3. The molecule has 0 aromatic carbocycles. The van der Waals surface area contributed by atoms with Crippen molar-refractivity contribution in [1.82, 2.24) is 0 Å². The standard InChI is InChI=1S/C11H22O/c1-4-6-7-9-10(3)11(12)8-5-2/h10H,4-9H2,1-3H3. The fourth-order valence-electron chi connectivity index (χ4n) is 1.35. The van der Waals surface area contributed by atoms with Crippen molar-refractivity contribution in [2.24, 2.45) is 5.92 Å². The number of carbonyl (C=O) groups excluding carboxylic acids is 1. The summed E-state index contributed by atoms with van der Waals surface area (Å²) in [5.74, 6) is 0.755. The van der Waals surface area contributed by atoms with E-state index in [9.17, 15) is 4.79 Å². The van der Waals surface area contributed by atoms with E-state index in [1.165, 1.54) is 19.3 Å². The SMILES string of the molecule is CCCCCC(C)C(=O)CCC. The lowest BCUT2D eigenvalue weighted by Crippen LogP contribution is -2.09. The maximum absolute atomic E-state index is 11.3. The summed E-state index contributed by atoms with van der Waals surface area (Å²) in [7, 11) is 0. The quantitative estimate of drug-likeness (QED) is 0.534. The first-order valence-electron chi connectivity index (χ1n) is 5.25. The maximum Gasteiger partial charge on any atom is 0.135 e. The van der Waals surface area contributed by atoms with Gasteiger partial charge in [0.1, 0.15) is 5.78 Å². The molecule has 0 aliphatic carbocycles. The van der Waals surface area contributed by atoms with Gasteiger partial charge in [0.05, 0.1) is 0 Å². The van der Waals surface area contributed by atoms with E-state index in [0.29, 0.717) is 11.7 Å². The van der Waals surface area contributed by atoms with Crippen LogP contribution < -0.4 is 0 Å². The fourth-order valence-corrected chi connectivity index (χ4v) is 1.35. The molecule has 0 aromatic heterocycles. The lowest BCUT2D eigenvalue weighted by molar-refractivity contribution is -0.122. The smallest absolute Gasteiger partial charge is 0.135 e. The Kier molecular flexibility index (Phi) is 7.12. The summed E-state index contributed by atoms with van der Waals surface area (Å²) in [6.07, 6.45) is 6.59. The average Bonchev–Trinajstić information content (AvgIpc) is 2.05. The highest BCUT2D eigenvalue weighted by atomic mass is 16.1. The largest absolute Gasteiger partial charge is 0.299 e. The number of hydrogen-bond donors (Lipinski definition) is 0. The van der Waals surface area contributed by atoms with Gasteiger partial charge in [-0.25, -0.2) is 0 Å². The second-order valence-electron chi connectivity index (χ2n) is 3.61. The number of hydrogen-bond acceptors (Lipinski definition) is 1. The summed E-state index contributed by atoms with van der Waals surface area (Å²) in [5.41, 5.74) is 0. The van der Waals surface area contributed by atoms with Gasteiger partial charge in [-0.3, -0.25) is 4.79 Å². The van der Waals surface area contributed by atoms with Gasteiger partial charge < -0.3 is 0 Å². The number of carbonyl (C=O) groups is 1. The second kappa shape index (κ2) is 7.33. The van der Waals surface area contributed by atoms with E-state index in [1.54, 1.807) is 0 Å². The van der Waals surface area contributed by atoms with Crippen molar-refractivity contribution in [3.8, 4) is 0 Å². The predicted octanol–water partition coefficient (Wildman–Crippen LogP) is 3.57. The number of rotatable bonds is 7. The van der Waals surface area contributed by atoms with Crippen LogP contribution in [0.1, 0.15) is 59.3 Å². The first-order valence-corrected chi connectivity index (χ1v) is 5.25. The molecule has 1 heteroatoms. The summed E-state index contributed by atoms with van der Waals surface area (Å²) in [6.45, 7) is 6.32. The molecular weight excluding hydrogens is 148 g/mol. The molecule has 0 radical (unpaired) electrons. The Balaban J connectivity index is 3.42. The molecule has 0 saturated heterocycles. The zero-order valence-corrected chi connectivity index (χ0v) is 8.73. The van der Waals surface area contributed by atoms with Crippen LogP contribution in [0.25, 0.3) is 0 Å². The molecule has 0 aliphatic rings. The van der Waals surface area contributed by atoms with Gasteiger partial charge >= 0.3 is 0 Å². The van der Waals surface area contributed by atoms with E-state index in [-0.39, 0.29) is 0 Å². The molecule has 0 saturated carbocycles. The third kappa shape index (κ3) is 5.34. The van der Waals surface area contributed by atoms with E-state index < -0.39 is 0 Å². The van der Waals surface area contributed by atoms with Crippen LogP contribution in [0.15, 0.2) is 0 Å². The van der Waals surface area contributed by atoms with E-state index >= 15 is 0 Å². The lowest BCUT2D eigenvalue weighted by Gasteiger charge is -2.08. The molecule has 0 rings (SSSR count). The number of unbranched alkanes of at least 4 members (excludes halogenated alkanes) is 2. The Hall–Kier alpha value is -0.330. The minimum absolute atomic E-state index is 0.302. The topological polar surface area (TPSA) is 17.1 Å². The van der Waals surface area contributed by atoms with Crippen LogP contribution in [0.4, 0.5) is 0 Å². The summed E-state index contributed by atoms with van der Waals surface area (Å²) >= 11 is 0. The van der Waals surface area contributed by atoms with Crippen molar-refractivity contribution in [3.05, 3.63) is 0 Å². The van der Waals surface area contributed by atoms with Gasteiger partial charge in [-0.1, -0.05) is 40.0 Å². The molecule has 0 aliphatic heterocycles. The van der Waals surface area contributed by atoms with Crippen LogP contribution in [-0.2, 0) is 4.79 Å². The lowest BCUT2D eigenvalue weighted by atomic mass is 9.96. The molecule has 0 bridgehead atoms. The Bertz CT molecular complexity index is 118. The molecule has 0 spiro atoms. The van der Waals surface area contributed by atoms with Crippen LogP contribution >= 0.6 is 0 Å². The highest BCUT2D eigenvalue weighted by Crippen LogP contribution is 2.12. The van der Waals surface area contributed by atoms with Crippen molar-refractivity contribution in [1.29, 1.82) is 0 Å². The van der Waals surface area contributed by atoms with Gasteiger partial charge in [0.25, 0.3) is 0 Å². The third-order valence-electron chi connectivity index (χ3n) is 2.29. The normalized spacial score (nSPS) is 12.9. The van der Waals surface area contributed by atoms with E-state index in [2.05, 4.69) is 20.8 Å². The van der Waals surface area contributed by atoms with Gasteiger partial charge in [0, 0.05) is 12.3 Å². The Morgan fingerprint density at radius 2 is 1.83 bits per heavy atom. The summed E-state index contributed by atoms with van der Waals surface area (Å²) in [5, 5.41) is 0. The molecule has 1 atom stereocenters. The Labute approximate surface area is 76.6 Å². The van der Waals surface area contributed by atoms with Crippen LogP contribution in [0, 0.1) is 5.92 Å². The van der Waals surface area contributed by atoms with Gasteiger partial charge in [-0.2, -0.15) is 0 Å². The highest BCUT2D eigenvalue weighted by Gasteiger charge is 2.10. The first-order chi connectivity index (χ1) is 5.72. The van der Waals surface area contributed by atoms with Crippen LogP contribution in [0.3, 0.4) is 0 Å². The Morgan fingerprint density at radius 3 is 2.33 bits per heavy atom. The molecular formula is C11H22O. The van der Waals surface area contributed by atoms with E-state index in [4.69, 9.17) is 0 Å². The molecule has 0 aromatic rings. The van der Waals surface area contributed by atoms with E-state index in [1.807, 2.05) is 0 Å². The maximum atomic E-state index is 11.3. The minimum Gasteiger partial charge on any atom is -0.299 e. The van der Waals surface area contributed by atoms with Gasteiger partial charge in [0.15, 0.2) is 0 Å². The molecule has 0 N–H and O–H groups in total. The zero-order valence-electron chi connectivity index (χ0n) is 8.73. The zero-order chi connectivity index (χ0) is 9.40. The van der Waals surface area contributed by atoms with Crippen LogP contribution in [-0.4, -0.2) is 5.78 Å². The first kappa shape index (κ1) is 11.7. The molecule has 0 fully saturated rings. The van der Waals surface area contributed by atoms with Crippen molar-refractivity contribution < 1.29 is 4.79 Å². The fraction of sp³-hybridized carbons (Fsp3) is 0.909. The Morgan fingerprint density at radius 1 is 1.17 bits per heavy atom. The molecule has 1 unspecified atom stereocenters. The van der Waals surface area contributed by atoms with E-state index in [0.717, 1.165) is 19.3 Å². The van der Waals surface area contributed by atoms with Crippen LogP contribution in [0.5, 0.6) is 0 Å². The van der Waals surface area contributed by atoms with Crippen molar-refractivity contribution in [3.63, 3.8) is 0 Å². The molecule has 0 heterocycles. The summed E-state index contributed by atoms with van der Waals surface area (Å²) in [6, 6.07) is 0. The van der Waals surface area contributed by atoms with Gasteiger partial charge in [-0.15, -0.1) is 0 Å².